The molecule has 2 rings (SSSR count). The highest BCUT2D eigenvalue weighted by Gasteiger charge is 2.17. The summed E-state index contributed by atoms with van der Waals surface area (Å²) in [5, 5.41) is 9.76. The zero-order valence-electron chi connectivity index (χ0n) is 11.6. The second-order valence-corrected chi connectivity index (χ2v) is 5.37. The maximum atomic E-state index is 12.4. The molecule has 0 saturated heterocycles. The molecule has 2 aromatic carbocycles. The van der Waals surface area contributed by atoms with Crippen LogP contribution in [0.2, 0.25) is 0 Å². The van der Waals surface area contributed by atoms with Crippen molar-refractivity contribution in [2.45, 2.75) is 0 Å². The highest BCUT2D eigenvalue weighted by atomic mass is 79.9. The van der Waals surface area contributed by atoms with E-state index in [0.29, 0.717) is 22.7 Å². The number of carbonyl (C=O) groups excluding carboxylic acids is 1. The van der Waals surface area contributed by atoms with Gasteiger partial charge in [0.05, 0.1) is 18.5 Å². The number of phenols is 1. The Hall–Kier alpha value is -2.21. The number of hydrogen-bond donors (Lipinski definition) is 2. The smallest absolute Gasteiger partial charge is 0.258 e. The van der Waals surface area contributed by atoms with Gasteiger partial charge in [-0.05, 0) is 36.4 Å². The number of nitrogens with two attached hydrogens (primary N) is 1. The number of aromatic hydroxyl groups is 1. The lowest BCUT2D eigenvalue weighted by Crippen LogP contribution is -2.27. The summed E-state index contributed by atoms with van der Waals surface area (Å²) in [5.74, 6) is -0.0418. The van der Waals surface area contributed by atoms with Crippen molar-refractivity contribution in [3.8, 4) is 11.5 Å². The molecule has 0 aromatic heterocycles. The number of nitrogens with zero attached hydrogens (tertiary/aromatic N) is 1. The molecule has 1 amide bonds. The van der Waals surface area contributed by atoms with Gasteiger partial charge in [-0.25, -0.2) is 0 Å². The van der Waals surface area contributed by atoms with Crippen LogP contribution in [0.3, 0.4) is 0 Å². The van der Waals surface area contributed by atoms with Crippen molar-refractivity contribution in [1.29, 1.82) is 0 Å². The first kappa shape index (κ1) is 15.2. The van der Waals surface area contributed by atoms with Crippen LogP contribution in [0.15, 0.2) is 40.9 Å². The maximum absolute atomic E-state index is 12.4. The van der Waals surface area contributed by atoms with Crippen molar-refractivity contribution in [2.75, 3.05) is 24.8 Å². The Bertz CT molecular complexity index is 689. The second kappa shape index (κ2) is 6.05. The van der Waals surface area contributed by atoms with Gasteiger partial charge in [-0.3, -0.25) is 4.79 Å². The van der Waals surface area contributed by atoms with E-state index in [-0.39, 0.29) is 11.7 Å². The van der Waals surface area contributed by atoms with Crippen molar-refractivity contribution >= 4 is 33.2 Å². The molecule has 0 aliphatic heterocycles. The molecule has 3 N–H and O–H groups in total. The van der Waals surface area contributed by atoms with Gasteiger partial charge in [-0.2, -0.15) is 0 Å². The van der Waals surface area contributed by atoms with Crippen LogP contribution in [0.1, 0.15) is 10.4 Å². The number of benzene rings is 2. The zero-order valence-corrected chi connectivity index (χ0v) is 13.2. The van der Waals surface area contributed by atoms with Crippen molar-refractivity contribution in [3.63, 3.8) is 0 Å². The van der Waals surface area contributed by atoms with Gasteiger partial charge >= 0.3 is 0 Å². The molecule has 0 aliphatic carbocycles. The number of hydrogen-bond acceptors (Lipinski definition) is 4. The van der Waals surface area contributed by atoms with Gasteiger partial charge < -0.3 is 20.5 Å². The van der Waals surface area contributed by atoms with Crippen molar-refractivity contribution < 1.29 is 14.6 Å². The summed E-state index contributed by atoms with van der Waals surface area (Å²) < 4.78 is 5.80. The van der Waals surface area contributed by atoms with Gasteiger partial charge in [-0.15, -0.1) is 0 Å². The van der Waals surface area contributed by atoms with E-state index in [1.165, 1.54) is 18.1 Å². The maximum Gasteiger partial charge on any atom is 0.258 e. The van der Waals surface area contributed by atoms with Crippen LogP contribution in [-0.2, 0) is 0 Å². The lowest BCUT2D eigenvalue weighted by atomic mass is 10.1. The number of ether oxygens (including phenoxy) is 1. The van der Waals surface area contributed by atoms with E-state index in [0.717, 1.165) is 4.47 Å². The van der Waals surface area contributed by atoms with E-state index in [9.17, 15) is 9.90 Å². The van der Waals surface area contributed by atoms with E-state index < -0.39 is 0 Å². The first-order chi connectivity index (χ1) is 9.93. The van der Waals surface area contributed by atoms with E-state index in [1.807, 2.05) is 0 Å². The molecule has 0 bridgehead atoms. The molecule has 2 aromatic rings. The summed E-state index contributed by atoms with van der Waals surface area (Å²) in [4.78, 5) is 13.9. The van der Waals surface area contributed by atoms with Gasteiger partial charge in [0.1, 0.15) is 0 Å². The molecule has 0 heterocycles. The van der Waals surface area contributed by atoms with E-state index in [2.05, 4.69) is 15.9 Å². The molecule has 6 heteroatoms. The molecule has 0 unspecified atom stereocenters. The summed E-state index contributed by atoms with van der Waals surface area (Å²) in [7, 11) is 3.08. The number of amides is 1. The van der Waals surface area contributed by atoms with Crippen LogP contribution in [0, 0.1) is 0 Å². The lowest BCUT2D eigenvalue weighted by molar-refractivity contribution is 0.0992. The van der Waals surface area contributed by atoms with Gasteiger partial charge in [0.25, 0.3) is 5.91 Å². The van der Waals surface area contributed by atoms with Gasteiger partial charge in [-0.1, -0.05) is 15.9 Å². The number of methoxy groups -OCH3 is 1. The van der Waals surface area contributed by atoms with E-state index in [1.54, 1.807) is 37.4 Å². The summed E-state index contributed by atoms with van der Waals surface area (Å²) in [6, 6.07) is 9.78. The summed E-state index contributed by atoms with van der Waals surface area (Å²) in [6.45, 7) is 0. The zero-order chi connectivity index (χ0) is 15.6. The Morgan fingerprint density at radius 3 is 2.57 bits per heavy atom. The van der Waals surface area contributed by atoms with Crippen LogP contribution in [0.5, 0.6) is 11.5 Å². The molecule has 0 saturated carbocycles. The number of carbonyl (C=O) groups is 1. The van der Waals surface area contributed by atoms with Crippen LogP contribution in [0.25, 0.3) is 0 Å². The molecule has 0 fully saturated rings. The predicted molar refractivity (Wildman–Crippen MR) is 85.9 cm³/mol. The highest BCUT2D eigenvalue weighted by molar-refractivity contribution is 9.10. The van der Waals surface area contributed by atoms with Crippen LogP contribution in [-0.4, -0.2) is 25.2 Å². The fourth-order valence-corrected chi connectivity index (χ4v) is 2.34. The third kappa shape index (κ3) is 3.11. The first-order valence-corrected chi connectivity index (χ1v) is 6.93. The number of phenolic OH excluding ortho intramolecular Hbond substituents is 1. The lowest BCUT2D eigenvalue weighted by Gasteiger charge is -2.19. The van der Waals surface area contributed by atoms with Gasteiger partial charge in [0.15, 0.2) is 11.5 Å². The molecule has 110 valence electrons. The Labute approximate surface area is 131 Å². The Kier molecular flexibility index (Phi) is 4.37. The van der Waals surface area contributed by atoms with Gasteiger partial charge in [0, 0.05) is 17.1 Å². The van der Waals surface area contributed by atoms with Crippen LogP contribution in [0.4, 0.5) is 11.4 Å². The largest absolute Gasteiger partial charge is 0.504 e. The standard InChI is InChI=1S/C15H15BrN2O3/c1-18(12-5-4-10(16)8-11(12)17)15(20)9-3-6-14(21-2)13(19)7-9/h3-8,19H,17H2,1-2H3. The molecule has 21 heavy (non-hydrogen) atoms. The number of rotatable bonds is 3. The number of halogens is 1. The quantitative estimate of drug-likeness (QED) is 0.834. The second-order valence-electron chi connectivity index (χ2n) is 4.45. The molecular formula is C15H15BrN2O3. The van der Waals surface area contributed by atoms with Crippen molar-refractivity contribution in [1.82, 2.24) is 0 Å². The number of nitrogen functional groups attached to an aromatic ring is 1. The predicted octanol–water partition coefficient (Wildman–Crippen LogP) is 3.02. The number of anilines is 2. The Balaban J connectivity index is 2.32. The van der Waals surface area contributed by atoms with Gasteiger partial charge in [0.2, 0.25) is 0 Å². The average molecular weight is 351 g/mol. The SMILES string of the molecule is COc1ccc(C(=O)N(C)c2ccc(Br)cc2N)cc1O. The molecule has 0 atom stereocenters. The summed E-state index contributed by atoms with van der Waals surface area (Å²) in [5.41, 5.74) is 7.35. The summed E-state index contributed by atoms with van der Waals surface area (Å²) >= 11 is 3.32. The monoisotopic (exact) mass is 350 g/mol. The van der Waals surface area contributed by atoms with Crippen molar-refractivity contribution in [2.24, 2.45) is 0 Å². The van der Waals surface area contributed by atoms with Crippen molar-refractivity contribution in [3.05, 3.63) is 46.4 Å². The highest BCUT2D eigenvalue weighted by Crippen LogP contribution is 2.30. The van der Waals surface area contributed by atoms with E-state index in [4.69, 9.17) is 10.5 Å². The molecule has 5 nitrogen and oxygen atoms in total. The molecular weight excluding hydrogens is 336 g/mol. The van der Waals surface area contributed by atoms with E-state index >= 15 is 0 Å². The molecule has 0 radical (unpaired) electrons. The molecule has 0 aliphatic rings. The minimum absolute atomic E-state index is 0.0828. The average Bonchev–Trinajstić information content (AvgIpc) is 2.45. The molecule has 0 spiro atoms. The van der Waals surface area contributed by atoms with Crippen LogP contribution < -0.4 is 15.4 Å². The Morgan fingerprint density at radius 2 is 2.00 bits per heavy atom. The first-order valence-electron chi connectivity index (χ1n) is 6.14. The third-order valence-corrected chi connectivity index (χ3v) is 3.57. The minimum Gasteiger partial charge on any atom is -0.504 e. The fourth-order valence-electron chi connectivity index (χ4n) is 1.96. The normalized spacial score (nSPS) is 10.2. The topological polar surface area (TPSA) is 75.8 Å². The Morgan fingerprint density at radius 1 is 1.29 bits per heavy atom. The summed E-state index contributed by atoms with van der Waals surface area (Å²) in [6.07, 6.45) is 0. The fraction of sp³-hybridized carbons (Fsp3) is 0.133. The van der Waals surface area contributed by atoms with Crippen LogP contribution >= 0.6 is 15.9 Å². The third-order valence-electron chi connectivity index (χ3n) is 3.08. The minimum atomic E-state index is -0.276.